The lowest BCUT2D eigenvalue weighted by atomic mass is 9.73. The lowest BCUT2D eigenvalue weighted by Gasteiger charge is -2.35. The van der Waals surface area contributed by atoms with E-state index in [1.807, 2.05) is 0 Å². The molecule has 21 heavy (non-hydrogen) atoms. The second-order valence-electron chi connectivity index (χ2n) is 7.65. The Morgan fingerprint density at radius 2 is 1.57 bits per heavy atom. The molecule has 0 bridgehead atoms. The van der Waals surface area contributed by atoms with Crippen molar-refractivity contribution in [1.82, 2.24) is 5.32 Å². The molecule has 1 aromatic rings. The fraction of sp³-hybridized carbons (Fsp3) is 0.700. The lowest BCUT2D eigenvalue weighted by molar-refractivity contribution is 0.181. The Labute approximate surface area is 130 Å². The van der Waals surface area contributed by atoms with Crippen LogP contribution in [0.25, 0.3) is 0 Å². The topological polar surface area (TPSA) is 12.0 Å². The second kappa shape index (κ2) is 6.52. The molecule has 0 saturated heterocycles. The predicted octanol–water partition coefficient (Wildman–Crippen LogP) is 4.84. The van der Waals surface area contributed by atoms with Crippen molar-refractivity contribution in [1.29, 1.82) is 0 Å². The van der Waals surface area contributed by atoms with Gasteiger partial charge in [-0.2, -0.15) is 0 Å². The summed E-state index contributed by atoms with van der Waals surface area (Å²) < 4.78 is 0. The van der Waals surface area contributed by atoms with Gasteiger partial charge in [-0.05, 0) is 74.3 Å². The van der Waals surface area contributed by atoms with Gasteiger partial charge in [0.15, 0.2) is 0 Å². The maximum Gasteiger partial charge on any atom is 0.0127 e. The molecule has 0 heterocycles. The van der Waals surface area contributed by atoms with E-state index in [4.69, 9.17) is 0 Å². The van der Waals surface area contributed by atoms with Gasteiger partial charge in [0.1, 0.15) is 0 Å². The summed E-state index contributed by atoms with van der Waals surface area (Å²) in [4.78, 5) is 0. The van der Waals surface area contributed by atoms with Crippen LogP contribution in [0.4, 0.5) is 0 Å². The average Bonchev–Trinajstić information content (AvgIpc) is 3.30. The van der Waals surface area contributed by atoms with E-state index in [1.54, 1.807) is 5.56 Å². The van der Waals surface area contributed by atoms with Crippen molar-refractivity contribution in [2.24, 2.45) is 23.7 Å². The van der Waals surface area contributed by atoms with E-state index in [9.17, 15) is 0 Å². The molecule has 1 N–H and O–H groups in total. The van der Waals surface area contributed by atoms with Crippen LogP contribution < -0.4 is 5.32 Å². The summed E-state index contributed by atoms with van der Waals surface area (Å²) in [6.07, 6.45) is 7.16. The summed E-state index contributed by atoms with van der Waals surface area (Å²) in [5.74, 6) is 4.44. The number of hydrogen-bond donors (Lipinski definition) is 1. The van der Waals surface area contributed by atoms with Gasteiger partial charge in [-0.1, -0.05) is 44.2 Å². The van der Waals surface area contributed by atoms with Crippen molar-refractivity contribution < 1.29 is 0 Å². The molecule has 3 atom stereocenters. The normalized spacial score (nSPS) is 33.9. The molecule has 0 spiro atoms. The summed E-state index contributed by atoms with van der Waals surface area (Å²) in [5.41, 5.74) is 1.55. The van der Waals surface area contributed by atoms with Gasteiger partial charge >= 0.3 is 0 Å². The van der Waals surface area contributed by atoms with Crippen LogP contribution in [0.1, 0.15) is 57.4 Å². The first kappa shape index (κ1) is 15.1. The van der Waals surface area contributed by atoms with Gasteiger partial charge in [0.25, 0.3) is 0 Å². The van der Waals surface area contributed by atoms with E-state index in [0.29, 0.717) is 0 Å². The minimum Gasteiger partial charge on any atom is -0.316 e. The van der Waals surface area contributed by atoms with Crippen LogP contribution in [0, 0.1) is 23.7 Å². The first-order valence-corrected chi connectivity index (χ1v) is 8.93. The average molecular weight is 285 g/mol. The third kappa shape index (κ3) is 3.34. The highest BCUT2D eigenvalue weighted by molar-refractivity contribution is 5.27. The Hall–Kier alpha value is -0.820. The van der Waals surface area contributed by atoms with Crippen LogP contribution in [-0.4, -0.2) is 13.1 Å². The molecule has 0 amide bonds. The van der Waals surface area contributed by atoms with E-state index in [-0.39, 0.29) is 0 Å². The molecule has 2 aliphatic carbocycles. The van der Waals surface area contributed by atoms with E-state index >= 15 is 0 Å². The molecular formula is C20H31N. The monoisotopic (exact) mass is 285 g/mol. The zero-order valence-electron chi connectivity index (χ0n) is 13.9. The minimum absolute atomic E-state index is 0.739. The lowest BCUT2D eigenvalue weighted by Crippen LogP contribution is -2.38. The highest BCUT2D eigenvalue weighted by Crippen LogP contribution is 2.52. The number of benzene rings is 1. The molecule has 1 aromatic carbocycles. The highest BCUT2D eigenvalue weighted by atomic mass is 14.9. The maximum atomic E-state index is 3.68. The first-order valence-electron chi connectivity index (χ1n) is 8.93. The molecule has 116 valence electrons. The number of rotatable bonds is 5. The van der Waals surface area contributed by atoms with Gasteiger partial charge in [-0.3, -0.25) is 0 Å². The van der Waals surface area contributed by atoms with Crippen LogP contribution in [-0.2, 0) is 0 Å². The third-order valence-corrected chi connectivity index (χ3v) is 6.13. The first-order chi connectivity index (χ1) is 10.2. The van der Waals surface area contributed by atoms with Crippen molar-refractivity contribution in [3.8, 4) is 0 Å². The van der Waals surface area contributed by atoms with E-state index in [1.165, 1.54) is 32.1 Å². The summed E-state index contributed by atoms with van der Waals surface area (Å²) in [7, 11) is 2.18. The summed E-state index contributed by atoms with van der Waals surface area (Å²) in [6, 6.07) is 11.9. The minimum atomic E-state index is 0.739. The molecule has 3 unspecified atom stereocenters. The van der Waals surface area contributed by atoms with E-state index < -0.39 is 0 Å². The molecule has 1 heteroatoms. The van der Waals surface area contributed by atoms with Crippen LogP contribution in [0.3, 0.4) is 0 Å². The third-order valence-electron chi connectivity index (χ3n) is 6.13. The highest BCUT2D eigenvalue weighted by Gasteiger charge is 2.46. The van der Waals surface area contributed by atoms with Crippen LogP contribution in [0.5, 0.6) is 0 Å². The van der Waals surface area contributed by atoms with Gasteiger partial charge in [0, 0.05) is 6.04 Å². The summed E-state index contributed by atoms with van der Waals surface area (Å²) in [6.45, 7) is 4.79. The Morgan fingerprint density at radius 3 is 2.14 bits per heavy atom. The van der Waals surface area contributed by atoms with Crippen molar-refractivity contribution in [2.75, 3.05) is 7.05 Å². The number of nitrogens with one attached hydrogen (secondary N) is 1. The molecule has 0 aromatic heterocycles. The zero-order valence-corrected chi connectivity index (χ0v) is 13.9. The van der Waals surface area contributed by atoms with E-state index in [2.05, 4.69) is 56.5 Å². The fourth-order valence-electron chi connectivity index (χ4n) is 4.67. The number of hydrogen-bond acceptors (Lipinski definition) is 1. The van der Waals surface area contributed by atoms with Crippen LogP contribution >= 0.6 is 0 Å². The Bertz CT molecular complexity index is 430. The van der Waals surface area contributed by atoms with Crippen molar-refractivity contribution in [2.45, 2.75) is 57.9 Å². The molecule has 0 aliphatic heterocycles. The van der Waals surface area contributed by atoms with Gasteiger partial charge in [-0.15, -0.1) is 0 Å². The van der Waals surface area contributed by atoms with Crippen LogP contribution in [0.15, 0.2) is 30.3 Å². The molecule has 2 saturated carbocycles. The second-order valence-corrected chi connectivity index (χ2v) is 7.65. The Balaban J connectivity index is 1.58. The standard InChI is InChI=1S/C20H31N/c1-14(2)15-9-11-17(12-10-15)20(21-3)19-13-18(19)16-7-5-4-6-8-16/h4-8,14-15,17-21H,9-13H2,1-3H3. The van der Waals surface area contributed by atoms with Gasteiger partial charge in [0.05, 0.1) is 0 Å². The van der Waals surface area contributed by atoms with Crippen LogP contribution in [0.2, 0.25) is 0 Å². The molecule has 2 fully saturated rings. The van der Waals surface area contributed by atoms with Gasteiger partial charge in [0.2, 0.25) is 0 Å². The molecule has 2 aliphatic rings. The smallest absolute Gasteiger partial charge is 0.0127 e. The molecule has 0 radical (unpaired) electrons. The Morgan fingerprint density at radius 1 is 0.952 bits per heavy atom. The summed E-state index contributed by atoms with van der Waals surface area (Å²) in [5, 5.41) is 3.68. The van der Waals surface area contributed by atoms with Crippen molar-refractivity contribution >= 4 is 0 Å². The quantitative estimate of drug-likeness (QED) is 0.816. The zero-order chi connectivity index (χ0) is 14.8. The Kier molecular flexibility index (Phi) is 4.69. The molecule has 3 rings (SSSR count). The predicted molar refractivity (Wildman–Crippen MR) is 90.4 cm³/mol. The largest absolute Gasteiger partial charge is 0.316 e. The van der Waals surface area contributed by atoms with Crippen molar-refractivity contribution in [3.63, 3.8) is 0 Å². The molecular weight excluding hydrogens is 254 g/mol. The van der Waals surface area contributed by atoms with Crippen molar-refractivity contribution in [3.05, 3.63) is 35.9 Å². The maximum absolute atomic E-state index is 3.68. The van der Waals surface area contributed by atoms with Gasteiger partial charge in [-0.25, -0.2) is 0 Å². The van der Waals surface area contributed by atoms with Gasteiger partial charge < -0.3 is 5.32 Å². The van der Waals surface area contributed by atoms with E-state index in [0.717, 1.165) is 35.6 Å². The fourth-order valence-corrected chi connectivity index (χ4v) is 4.67. The SMILES string of the molecule is CNC(C1CCC(C(C)C)CC1)C1CC1c1ccccc1. The summed E-state index contributed by atoms with van der Waals surface area (Å²) >= 11 is 0. The molecule has 1 nitrogen and oxygen atoms in total.